The fourth-order valence-corrected chi connectivity index (χ4v) is 1.54. The molecule has 1 atom stereocenters. The van der Waals surface area contributed by atoms with Gasteiger partial charge in [-0.1, -0.05) is 0 Å². The first-order chi connectivity index (χ1) is 6.90. The number of amides is 1. The van der Waals surface area contributed by atoms with Gasteiger partial charge in [0.25, 0.3) is 0 Å². The van der Waals surface area contributed by atoms with E-state index in [4.69, 9.17) is 4.74 Å². The monoisotopic (exact) mass is 192 g/mol. The highest BCUT2D eigenvalue weighted by Gasteiger charge is 2.20. The summed E-state index contributed by atoms with van der Waals surface area (Å²) in [6.07, 6.45) is 4.34. The lowest BCUT2D eigenvalue weighted by molar-refractivity contribution is -0.125. The van der Waals surface area contributed by atoms with Gasteiger partial charge in [-0.2, -0.15) is 0 Å². The van der Waals surface area contributed by atoms with Gasteiger partial charge in [-0.3, -0.25) is 9.78 Å². The maximum atomic E-state index is 10.6. The van der Waals surface area contributed by atoms with Crippen LogP contribution in [0.2, 0.25) is 0 Å². The number of nitrogens with zero attached hydrogens (tertiary/aromatic N) is 2. The minimum absolute atomic E-state index is 0.00282. The minimum atomic E-state index is -0.00282. The van der Waals surface area contributed by atoms with Gasteiger partial charge in [0.2, 0.25) is 6.41 Å². The van der Waals surface area contributed by atoms with Crippen molar-refractivity contribution in [2.75, 3.05) is 19.7 Å². The third kappa shape index (κ3) is 1.90. The molecule has 1 amide bonds. The Bertz CT molecular complexity index is 302. The Kier molecular flexibility index (Phi) is 2.74. The molecule has 74 valence electrons. The van der Waals surface area contributed by atoms with E-state index in [2.05, 4.69) is 4.98 Å². The summed E-state index contributed by atoms with van der Waals surface area (Å²) in [5.74, 6) is 0. The zero-order valence-electron chi connectivity index (χ0n) is 7.80. The van der Waals surface area contributed by atoms with Crippen LogP contribution in [0.1, 0.15) is 11.7 Å². The third-order valence-electron chi connectivity index (χ3n) is 2.32. The molecule has 1 fully saturated rings. The van der Waals surface area contributed by atoms with Crippen LogP contribution in [-0.4, -0.2) is 36.0 Å². The normalized spacial score (nSPS) is 22.0. The maximum absolute atomic E-state index is 10.6. The minimum Gasteiger partial charge on any atom is -0.370 e. The number of carbonyl (C=O) groups excluding carboxylic acids is 1. The summed E-state index contributed by atoms with van der Waals surface area (Å²) in [5.41, 5.74) is 1.08. The van der Waals surface area contributed by atoms with Crippen molar-refractivity contribution < 1.29 is 9.53 Å². The van der Waals surface area contributed by atoms with Crippen molar-refractivity contribution in [1.29, 1.82) is 0 Å². The number of carbonyl (C=O) groups is 1. The number of aromatic nitrogens is 1. The topological polar surface area (TPSA) is 42.4 Å². The zero-order chi connectivity index (χ0) is 9.80. The summed E-state index contributed by atoms with van der Waals surface area (Å²) in [6.45, 7) is 1.92. The van der Waals surface area contributed by atoms with E-state index >= 15 is 0 Å². The molecule has 0 aliphatic carbocycles. The van der Waals surface area contributed by atoms with Gasteiger partial charge in [0.05, 0.1) is 13.2 Å². The summed E-state index contributed by atoms with van der Waals surface area (Å²) in [4.78, 5) is 16.3. The SMILES string of the molecule is O=CN1CCOC(c2ccncc2)C1. The highest BCUT2D eigenvalue weighted by atomic mass is 16.5. The summed E-state index contributed by atoms with van der Waals surface area (Å²) in [7, 11) is 0. The molecule has 0 saturated carbocycles. The lowest BCUT2D eigenvalue weighted by Crippen LogP contribution is -2.37. The van der Waals surface area contributed by atoms with Crippen LogP contribution in [0.15, 0.2) is 24.5 Å². The first kappa shape index (κ1) is 9.15. The first-order valence-corrected chi connectivity index (χ1v) is 4.61. The fourth-order valence-electron chi connectivity index (χ4n) is 1.54. The highest BCUT2D eigenvalue weighted by Crippen LogP contribution is 2.20. The van der Waals surface area contributed by atoms with E-state index in [1.807, 2.05) is 12.1 Å². The molecule has 1 aliphatic heterocycles. The van der Waals surface area contributed by atoms with Crippen molar-refractivity contribution in [2.24, 2.45) is 0 Å². The number of morpholine rings is 1. The van der Waals surface area contributed by atoms with Gasteiger partial charge in [-0.25, -0.2) is 0 Å². The van der Waals surface area contributed by atoms with Crippen molar-refractivity contribution >= 4 is 6.41 Å². The summed E-state index contributed by atoms with van der Waals surface area (Å²) < 4.78 is 5.57. The molecule has 4 nitrogen and oxygen atoms in total. The highest BCUT2D eigenvalue weighted by molar-refractivity contribution is 5.47. The molecule has 1 unspecified atom stereocenters. The molecule has 0 N–H and O–H groups in total. The first-order valence-electron chi connectivity index (χ1n) is 4.61. The molecule has 2 rings (SSSR count). The second kappa shape index (κ2) is 4.19. The second-order valence-electron chi connectivity index (χ2n) is 3.24. The van der Waals surface area contributed by atoms with Crippen LogP contribution >= 0.6 is 0 Å². The van der Waals surface area contributed by atoms with Crippen molar-refractivity contribution in [3.8, 4) is 0 Å². The van der Waals surface area contributed by atoms with E-state index in [9.17, 15) is 4.79 Å². The molecule has 2 heterocycles. The Labute approximate surface area is 82.5 Å². The summed E-state index contributed by atoms with van der Waals surface area (Å²) >= 11 is 0. The van der Waals surface area contributed by atoms with Crippen LogP contribution in [-0.2, 0) is 9.53 Å². The van der Waals surface area contributed by atoms with Gasteiger partial charge in [-0.05, 0) is 17.7 Å². The number of hydrogen-bond acceptors (Lipinski definition) is 3. The van der Waals surface area contributed by atoms with Crippen LogP contribution < -0.4 is 0 Å². The Morgan fingerprint density at radius 1 is 1.50 bits per heavy atom. The van der Waals surface area contributed by atoms with Crippen molar-refractivity contribution in [1.82, 2.24) is 9.88 Å². The third-order valence-corrected chi connectivity index (χ3v) is 2.32. The van der Waals surface area contributed by atoms with Crippen LogP contribution in [0.25, 0.3) is 0 Å². The largest absolute Gasteiger partial charge is 0.370 e. The van der Waals surface area contributed by atoms with Gasteiger partial charge in [0.1, 0.15) is 6.10 Å². The molecule has 1 aliphatic rings. The molecule has 1 saturated heterocycles. The molecular formula is C10H12N2O2. The zero-order valence-corrected chi connectivity index (χ0v) is 7.80. The van der Waals surface area contributed by atoms with Crippen LogP contribution in [0.4, 0.5) is 0 Å². The Hall–Kier alpha value is -1.42. The van der Waals surface area contributed by atoms with Gasteiger partial charge in [0, 0.05) is 18.9 Å². The van der Waals surface area contributed by atoms with Crippen LogP contribution in [0.3, 0.4) is 0 Å². The van der Waals surface area contributed by atoms with E-state index in [-0.39, 0.29) is 6.10 Å². The van der Waals surface area contributed by atoms with Crippen molar-refractivity contribution in [3.63, 3.8) is 0 Å². The van der Waals surface area contributed by atoms with Crippen molar-refractivity contribution in [2.45, 2.75) is 6.10 Å². The number of pyridine rings is 1. The standard InChI is InChI=1S/C10H12N2O2/c13-8-12-5-6-14-10(7-12)9-1-3-11-4-2-9/h1-4,8,10H,5-7H2. The number of hydrogen-bond donors (Lipinski definition) is 0. The average Bonchev–Trinajstić information content (AvgIpc) is 2.30. The van der Waals surface area contributed by atoms with Gasteiger partial charge in [0.15, 0.2) is 0 Å². The van der Waals surface area contributed by atoms with Crippen LogP contribution in [0.5, 0.6) is 0 Å². The van der Waals surface area contributed by atoms with E-state index in [0.29, 0.717) is 19.7 Å². The summed E-state index contributed by atoms with van der Waals surface area (Å²) in [5, 5.41) is 0. The van der Waals surface area contributed by atoms with Gasteiger partial charge in [-0.15, -0.1) is 0 Å². The number of ether oxygens (including phenoxy) is 1. The predicted octanol–water partition coefficient (Wildman–Crippen LogP) is 0.611. The molecule has 0 radical (unpaired) electrons. The molecule has 4 heteroatoms. The van der Waals surface area contributed by atoms with Gasteiger partial charge < -0.3 is 9.64 Å². The Balaban J connectivity index is 2.08. The smallest absolute Gasteiger partial charge is 0.209 e. The summed E-state index contributed by atoms with van der Waals surface area (Å²) in [6, 6.07) is 3.83. The molecule has 14 heavy (non-hydrogen) atoms. The van der Waals surface area contributed by atoms with E-state index in [1.165, 1.54) is 0 Å². The fraction of sp³-hybridized carbons (Fsp3) is 0.400. The lowest BCUT2D eigenvalue weighted by Gasteiger charge is -2.30. The maximum Gasteiger partial charge on any atom is 0.209 e. The molecule has 1 aromatic heterocycles. The second-order valence-corrected chi connectivity index (χ2v) is 3.24. The average molecular weight is 192 g/mol. The Morgan fingerprint density at radius 3 is 3.00 bits per heavy atom. The predicted molar refractivity (Wildman–Crippen MR) is 50.6 cm³/mol. The van der Waals surface area contributed by atoms with Gasteiger partial charge >= 0.3 is 0 Å². The molecule has 0 aromatic carbocycles. The van der Waals surface area contributed by atoms with Crippen LogP contribution in [0, 0.1) is 0 Å². The Morgan fingerprint density at radius 2 is 2.29 bits per heavy atom. The van der Waals surface area contributed by atoms with E-state index in [0.717, 1.165) is 12.0 Å². The lowest BCUT2D eigenvalue weighted by atomic mass is 10.1. The molecular weight excluding hydrogens is 180 g/mol. The number of rotatable bonds is 2. The van der Waals surface area contributed by atoms with Crippen molar-refractivity contribution in [3.05, 3.63) is 30.1 Å². The van der Waals surface area contributed by atoms with E-state index < -0.39 is 0 Å². The quantitative estimate of drug-likeness (QED) is 0.645. The molecule has 0 bridgehead atoms. The molecule has 0 spiro atoms. The van der Waals surface area contributed by atoms with E-state index in [1.54, 1.807) is 17.3 Å². The molecule has 1 aromatic rings.